The maximum Gasteiger partial charge on any atom is 0.119 e. The van der Waals surface area contributed by atoms with Crippen molar-refractivity contribution < 1.29 is 9.47 Å². The molecule has 3 aromatic rings. The van der Waals surface area contributed by atoms with Crippen LogP contribution in [0.25, 0.3) is 22.0 Å². The Kier molecular flexibility index (Phi) is 4.08. The number of rotatable bonds is 4. The van der Waals surface area contributed by atoms with E-state index in [0.29, 0.717) is 6.10 Å². The number of hydrogen-bond acceptors (Lipinski definition) is 3. The summed E-state index contributed by atoms with van der Waals surface area (Å²) in [5.41, 5.74) is 3.29. The molecule has 0 N–H and O–H groups in total. The van der Waals surface area contributed by atoms with E-state index >= 15 is 0 Å². The average Bonchev–Trinajstić information content (AvgIpc) is 3.14. The molecule has 1 saturated carbocycles. The van der Waals surface area contributed by atoms with Gasteiger partial charge in [-0.25, -0.2) is 0 Å². The van der Waals surface area contributed by atoms with E-state index in [2.05, 4.69) is 35.3 Å². The topological polar surface area (TPSA) is 31.4 Å². The van der Waals surface area contributed by atoms with Crippen molar-refractivity contribution in [1.29, 1.82) is 0 Å². The Bertz CT molecular complexity index is 836. The van der Waals surface area contributed by atoms with Crippen LogP contribution in [0, 0.1) is 0 Å². The highest BCUT2D eigenvalue weighted by Gasteiger charge is 2.16. The van der Waals surface area contributed by atoms with Crippen LogP contribution in [0.3, 0.4) is 0 Å². The van der Waals surface area contributed by atoms with Crippen LogP contribution in [0.5, 0.6) is 11.5 Å². The van der Waals surface area contributed by atoms with Crippen LogP contribution in [0.2, 0.25) is 0 Å². The molecule has 0 bridgehead atoms. The largest absolute Gasteiger partial charge is 0.497 e. The number of aromatic nitrogens is 1. The lowest BCUT2D eigenvalue weighted by atomic mass is 10.0. The summed E-state index contributed by atoms with van der Waals surface area (Å²) in [5, 5.41) is 1.10. The Morgan fingerprint density at radius 2 is 1.67 bits per heavy atom. The molecule has 1 aliphatic rings. The molecule has 1 fully saturated rings. The van der Waals surface area contributed by atoms with Crippen LogP contribution < -0.4 is 9.47 Å². The lowest BCUT2D eigenvalue weighted by Crippen LogP contribution is -2.10. The van der Waals surface area contributed by atoms with Gasteiger partial charge in [0.15, 0.2) is 0 Å². The second-order valence-electron chi connectivity index (χ2n) is 6.29. The normalized spacial score (nSPS) is 14.9. The Hall–Kier alpha value is -2.55. The maximum atomic E-state index is 6.06. The van der Waals surface area contributed by atoms with E-state index in [1.165, 1.54) is 25.7 Å². The minimum atomic E-state index is 0.391. The first kappa shape index (κ1) is 15.0. The molecule has 0 saturated heterocycles. The van der Waals surface area contributed by atoms with Crippen LogP contribution in [0.1, 0.15) is 25.7 Å². The third-order valence-electron chi connectivity index (χ3n) is 4.72. The number of methoxy groups -OCH3 is 1. The fraction of sp³-hybridized carbons (Fsp3) is 0.286. The van der Waals surface area contributed by atoms with Gasteiger partial charge in [-0.05, 0) is 73.2 Å². The summed E-state index contributed by atoms with van der Waals surface area (Å²) in [6.07, 6.45) is 7.17. The van der Waals surface area contributed by atoms with Gasteiger partial charge < -0.3 is 9.47 Å². The highest BCUT2D eigenvalue weighted by Crippen LogP contribution is 2.32. The molecule has 3 heteroatoms. The number of nitrogens with zero attached hydrogens (tertiary/aromatic N) is 1. The molecule has 0 unspecified atom stereocenters. The molecule has 4 rings (SSSR count). The first-order valence-corrected chi connectivity index (χ1v) is 8.53. The summed E-state index contributed by atoms with van der Waals surface area (Å²) in [6, 6.07) is 16.4. The van der Waals surface area contributed by atoms with Crippen molar-refractivity contribution in [1.82, 2.24) is 4.98 Å². The molecule has 1 aliphatic carbocycles. The molecule has 1 heterocycles. The molecular weight excluding hydrogens is 298 g/mol. The number of benzene rings is 2. The van der Waals surface area contributed by atoms with Crippen molar-refractivity contribution in [2.45, 2.75) is 31.8 Å². The van der Waals surface area contributed by atoms with Gasteiger partial charge >= 0.3 is 0 Å². The molecule has 0 spiro atoms. The molecule has 0 amide bonds. The standard InChI is InChI=1S/C21H21NO2/c1-23-18-10-11-21-20(14-18)19(12-13-22-21)15-6-8-17(9-7-15)24-16-4-2-3-5-16/h6-14,16H,2-5H2,1H3. The summed E-state index contributed by atoms with van der Waals surface area (Å²) in [6.45, 7) is 0. The average molecular weight is 319 g/mol. The van der Waals surface area contributed by atoms with Crippen LogP contribution in [-0.2, 0) is 0 Å². The Balaban J connectivity index is 1.66. The van der Waals surface area contributed by atoms with Crippen molar-refractivity contribution in [3.05, 3.63) is 54.7 Å². The van der Waals surface area contributed by atoms with Gasteiger partial charge in [-0.2, -0.15) is 0 Å². The molecule has 1 aromatic heterocycles. The Morgan fingerprint density at radius 3 is 2.42 bits per heavy atom. The van der Waals surface area contributed by atoms with Crippen molar-refractivity contribution >= 4 is 10.9 Å². The molecule has 0 radical (unpaired) electrons. The Labute approximate surface area is 142 Å². The first-order valence-electron chi connectivity index (χ1n) is 8.53. The zero-order valence-corrected chi connectivity index (χ0v) is 13.9. The van der Waals surface area contributed by atoms with E-state index < -0.39 is 0 Å². The van der Waals surface area contributed by atoms with E-state index in [1.807, 2.05) is 24.4 Å². The molecule has 122 valence electrons. The highest BCUT2D eigenvalue weighted by atomic mass is 16.5. The minimum absolute atomic E-state index is 0.391. The molecule has 0 aliphatic heterocycles. The van der Waals surface area contributed by atoms with E-state index in [4.69, 9.17) is 9.47 Å². The smallest absolute Gasteiger partial charge is 0.119 e. The van der Waals surface area contributed by atoms with Crippen LogP contribution in [0.4, 0.5) is 0 Å². The third kappa shape index (κ3) is 2.94. The van der Waals surface area contributed by atoms with Gasteiger partial charge in [-0.1, -0.05) is 12.1 Å². The molecule has 2 aromatic carbocycles. The first-order chi connectivity index (χ1) is 11.8. The second-order valence-corrected chi connectivity index (χ2v) is 6.29. The number of pyridine rings is 1. The molecule has 3 nitrogen and oxygen atoms in total. The van der Waals surface area contributed by atoms with Crippen molar-refractivity contribution in [3.63, 3.8) is 0 Å². The Morgan fingerprint density at radius 1 is 0.917 bits per heavy atom. The summed E-state index contributed by atoms with van der Waals surface area (Å²) in [7, 11) is 1.69. The fourth-order valence-corrected chi connectivity index (χ4v) is 3.42. The summed E-state index contributed by atoms with van der Waals surface area (Å²) in [5.74, 6) is 1.81. The monoisotopic (exact) mass is 319 g/mol. The zero-order chi connectivity index (χ0) is 16.4. The highest BCUT2D eigenvalue weighted by molar-refractivity contribution is 5.95. The summed E-state index contributed by atoms with van der Waals surface area (Å²) in [4.78, 5) is 4.45. The lowest BCUT2D eigenvalue weighted by molar-refractivity contribution is 0.210. The lowest BCUT2D eigenvalue weighted by Gasteiger charge is -2.14. The van der Waals surface area contributed by atoms with E-state index in [1.54, 1.807) is 7.11 Å². The zero-order valence-electron chi connectivity index (χ0n) is 13.9. The van der Waals surface area contributed by atoms with Gasteiger partial charge in [0, 0.05) is 11.6 Å². The van der Waals surface area contributed by atoms with E-state index in [-0.39, 0.29) is 0 Å². The number of hydrogen-bond donors (Lipinski definition) is 0. The molecule has 0 atom stereocenters. The van der Waals surface area contributed by atoms with Gasteiger partial charge in [-0.3, -0.25) is 4.98 Å². The fourth-order valence-electron chi connectivity index (χ4n) is 3.42. The van der Waals surface area contributed by atoms with Crippen molar-refractivity contribution in [3.8, 4) is 22.6 Å². The van der Waals surface area contributed by atoms with E-state index in [0.717, 1.165) is 33.5 Å². The van der Waals surface area contributed by atoms with Gasteiger partial charge in [0.1, 0.15) is 11.5 Å². The molecular formula is C21H21NO2. The maximum absolute atomic E-state index is 6.06. The minimum Gasteiger partial charge on any atom is -0.497 e. The van der Waals surface area contributed by atoms with Crippen LogP contribution >= 0.6 is 0 Å². The SMILES string of the molecule is COc1ccc2nccc(-c3ccc(OC4CCCC4)cc3)c2c1. The number of ether oxygens (including phenoxy) is 2. The predicted molar refractivity (Wildman–Crippen MR) is 96.6 cm³/mol. The van der Waals surface area contributed by atoms with Gasteiger partial charge in [0.25, 0.3) is 0 Å². The third-order valence-corrected chi connectivity index (χ3v) is 4.72. The van der Waals surface area contributed by atoms with Crippen LogP contribution in [0.15, 0.2) is 54.7 Å². The summed E-state index contributed by atoms with van der Waals surface area (Å²) >= 11 is 0. The number of fused-ring (bicyclic) bond motifs is 1. The molecule has 24 heavy (non-hydrogen) atoms. The van der Waals surface area contributed by atoms with Crippen molar-refractivity contribution in [2.75, 3.05) is 7.11 Å². The van der Waals surface area contributed by atoms with Gasteiger partial charge in [0.2, 0.25) is 0 Å². The second kappa shape index (κ2) is 6.52. The van der Waals surface area contributed by atoms with Crippen molar-refractivity contribution in [2.24, 2.45) is 0 Å². The van der Waals surface area contributed by atoms with Crippen LogP contribution in [-0.4, -0.2) is 18.2 Å². The summed E-state index contributed by atoms with van der Waals surface area (Å²) < 4.78 is 11.4. The quantitative estimate of drug-likeness (QED) is 0.659. The van der Waals surface area contributed by atoms with Gasteiger partial charge in [0.05, 0.1) is 18.7 Å². The van der Waals surface area contributed by atoms with Gasteiger partial charge in [-0.15, -0.1) is 0 Å². The predicted octanol–water partition coefficient (Wildman–Crippen LogP) is 5.23. The van der Waals surface area contributed by atoms with E-state index in [9.17, 15) is 0 Å².